The Morgan fingerprint density at radius 2 is 2.07 bits per heavy atom. The van der Waals surface area contributed by atoms with Gasteiger partial charge >= 0.3 is 6.03 Å². The fourth-order valence-corrected chi connectivity index (χ4v) is 4.01. The molecule has 0 bridgehead atoms. The van der Waals surface area contributed by atoms with Crippen molar-refractivity contribution in [1.29, 1.82) is 0 Å². The van der Waals surface area contributed by atoms with Gasteiger partial charge in [-0.3, -0.25) is 4.79 Å². The van der Waals surface area contributed by atoms with Crippen molar-refractivity contribution >= 4 is 29.0 Å². The molecule has 1 fully saturated rings. The third-order valence-corrected chi connectivity index (χ3v) is 5.77. The quantitative estimate of drug-likeness (QED) is 0.735. The summed E-state index contributed by atoms with van der Waals surface area (Å²) in [5.74, 6) is -0.117. The number of likely N-dealkylation sites (tertiary alicyclic amines) is 1. The smallest absolute Gasteiger partial charge is 0.322 e. The Kier molecular flexibility index (Phi) is 7.03. The van der Waals surface area contributed by atoms with E-state index in [1.807, 2.05) is 24.4 Å². The van der Waals surface area contributed by atoms with Crippen LogP contribution in [0.4, 0.5) is 10.5 Å². The number of nitrogens with zero attached hydrogens (tertiary/aromatic N) is 2. The molecule has 0 aliphatic carbocycles. The molecule has 150 valence electrons. The number of thiazole rings is 1. The maximum Gasteiger partial charge on any atom is 0.322 e. The van der Waals surface area contributed by atoms with E-state index < -0.39 is 6.04 Å². The fraction of sp³-hybridized carbons (Fsp3) is 0.476. The molecular formula is C21H28N4O2S. The zero-order valence-corrected chi connectivity index (χ0v) is 17.3. The molecule has 2 N–H and O–H groups in total. The summed E-state index contributed by atoms with van der Waals surface area (Å²) in [6.45, 7) is 5.10. The number of amides is 3. The highest BCUT2D eigenvalue weighted by Crippen LogP contribution is 2.20. The predicted octanol–water partition coefficient (Wildman–Crippen LogP) is 4.11. The Labute approximate surface area is 170 Å². The number of anilines is 1. The van der Waals surface area contributed by atoms with Crippen molar-refractivity contribution in [2.75, 3.05) is 11.9 Å². The lowest BCUT2D eigenvalue weighted by molar-refractivity contribution is -0.124. The van der Waals surface area contributed by atoms with Crippen LogP contribution in [0.5, 0.6) is 0 Å². The van der Waals surface area contributed by atoms with Crippen molar-refractivity contribution in [3.63, 3.8) is 0 Å². The second kappa shape index (κ2) is 9.68. The summed E-state index contributed by atoms with van der Waals surface area (Å²) in [6.07, 6.45) is 4.90. The summed E-state index contributed by atoms with van der Waals surface area (Å²) in [5, 5.41) is 8.76. The Balaban J connectivity index is 1.54. The Morgan fingerprint density at radius 1 is 1.29 bits per heavy atom. The average Bonchev–Trinajstić information content (AvgIpc) is 3.34. The van der Waals surface area contributed by atoms with Crippen LogP contribution in [0.1, 0.15) is 48.9 Å². The maximum absolute atomic E-state index is 12.7. The normalized spacial score (nSPS) is 16.2. The summed E-state index contributed by atoms with van der Waals surface area (Å²) >= 11 is 1.56. The van der Waals surface area contributed by atoms with Gasteiger partial charge < -0.3 is 15.5 Å². The number of unbranched alkanes of at least 4 members (excludes halogenated alkanes) is 1. The van der Waals surface area contributed by atoms with Crippen LogP contribution in [0, 0.1) is 6.92 Å². The van der Waals surface area contributed by atoms with Gasteiger partial charge in [0.25, 0.3) is 0 Å². The molecule has 3 amide bonds. The molecule has 3 rings (SSSR count). The van der Waals surface area contributed by atoms with Gasteiger partial charge in [-0.2, -0.15) is 0 Å². The maximum atomic E-state index is 12.7. The highest BCUT2D eigenvalue weighted by molar-refractivity contribution is 7.09. The highest BCUT2D eigenvalue weighted by Gasteiger charge is 2.34. The number of benzene rings is 1. The minimum absolute atomic E-state index is 0.117. The van der Waals surface area contributed by atoms with E-state index in [2.05, 4.69) is 34.7 Å². The third-order valence-electron chi connectivity index (χ3n) is 4.95. The van der Waals surface area contributed by atoms with Crippen LogP contribution in [-0.2, 0) is 17.8 Å². The first-order valence-electron chi connectivity index (χ1n) is 9.92. The molecule has 7 heteroatoms. The topological polar surface area (TPSA) is 74.3 Å². The largest absolute Gasteiger partial charge is 0.349 e. The molecule has 1 atom stereocenters. The molecule has 1 aliphatic heterocycles. The number of nitrogens with one attached hydrogen (secondary N) is 2. The lowest BCUT2D eigenvalue weighted by atomic mass is 10.1. The van der Waals surface area contributed by atoms with Crippen LogP contribution in [0.2, 0.25) is 0 Å². The molecule has 1 aliphatic rings. The summed E-state index contributed by atoms with van der Waals surface area (Å²) in [5.41, 5.74) is 2.89. The molecular weight excluding hydrogens is 372 g/mol. The van der Waals surface area contributed by atoms with Gasteiger partial charge in [0.1, 0.15) is 6.04 Å². The predicted molar refractivity (Wildman–Crippen MR) is 112 cm³/mol. The minimum Gasteiger partial charge on any atom is -0.349 e. The van der Waals surface area contributed by atoms with E-state index in [1.165, 1.54) is 12.0 Å². The molecule has 1 saturated heterocycles. The van der Waals surface area contributed by atoms with E-state index in [1.54, 1.807) is 16.2 Å². The second-order valence-electron chi connectivity index (χ2n) is 7.16. The van der Waals surface area contributed by atoms with Crippen molar-refractivity contribution in [2.24, 2.45) is 0 Å². The van der Waals surface area contributed by atoms with Gasteiger partial charge in [0.05, 0.1) is 17.2 Å². The molecule has 0 radical (unpaired) electrons. The second-order valence-corrected chi connectivity index (χ2v) is 8.22. The van der Waals surface area contributed by atoms with Crippen LogP contribution >= 0.6 is 11.3 Å². The van der Waals surface area contributed by atoms with Crippen molar-refractivity contribution < 1.29 is 9.59 Å². The SMILES string of the molecule is CCCCc1ccc(NC(=O)N2CCCC2C(=O)NCc2csc(C)n2)cc1. The Morgan fingerprint density at radius 3 is 2.75 bits per heavy atom. The van der Waals surface area contributed by atoms with Crippen molar-refractivity contribution in [1.82, 2.24) is 15.2 Å². The van der Waals surface area contributed by atoms with Crippen molar-refractivity contribution in [3.8, 4) is 0 Å². The Hall–Kier alpha value is -2.41. The number of carbonyl (C=O) groups excluding carboxylic acids is 2. The summed E-state index contributed by atoms with van der Waals surface area (Å²) < 4.78 is 0. The molecule has 2 aromatic rings. The van der Waals surface area contributed by atoms with Crippen molar-refractivity contribution in [3.05, 3.63) is 45.9 Å². The zero-order valence-electron chi connectivity index (χ0n) is 16.5. The van der Waals surface area contributed by atoms with Gasteiger partial charge in [-0.25, -0.2) is 9.78 Å². The molecule has 2 heterocycles. The third kappa shape index (κ3) is 5.32. The fourth-order valence-electron chi connectivity index (χ4n) is 3.40. The highest BCUT2D eigenvalue weighted by atomic mass is 32.1. The van der Waals surface area contributed by atoms with E-state index in [4.69, 9.17) is 0 Å². The first-order valence-corrected chi connectivity index (χ1v) is 10.8. The number of aromatic nitrogens is 1. The van der Waals surface area contributed by atoms with Crippen LogP contribution in [0.25, 0.3) is 0 Å². The van der Waals surface area contributed by atoms with Gasteiger partial charge in [-0.05, 0) is 50.3 Å². The van der Waals surface area contributed by atoms with E-state index in [9.17, 15) is 9.59 Å². The summed E-state index contributed by atoms with van der Waals surface area (Å²) in [6, 6.07) is 7.31. The van der Waals surface area contributed by atoms with Crippen molar-refractivity contribution in [2.45, 2.75) is 58.5 Å². The van der Waals surface area contributed by atoms with Crippen LogP contribution in [0.15, 0.2) is 29.6 Å². The lowest BCUT2D eigenvalue weighted by Crippen LogP contribution is -2.47. The van der Waals surface area contributed by atoms with E-state index in [0.717, 1.165) is 35.7 Å². The summed E-state index contributed by atoms with van der Waals surface area (Å²) in [4.78, 5) is 31.3. The average molecular weight is 401 g/mol. The lowest BCUT2D eigenvalue weighted by Gasteiger charge is -2.24. The molecule has 1 unspecified atom stereocenters. The van der Waals surface area contributed by atoms with Gasteiger partial charge in [-0.15, -0.1) is 11.3 Å². The van der Waals surface area contributed by atoms with Gasteiger partial charge in [0.15, 0.2) is 0 Å². The molecule has 6 nitrogen and oxygen atoms in total. The number of rotatable bonds is 7. The van der Waals surface area contributed by atoms with Gasteiger partial charge in [0, 0.05) is 17.6 Å². The van der Waals surface area contributed by atoms with E-state index in [-0.39, 0.29) is 11.9 Å². The molecule has 1 aromatic carbocycles. The standard InChI is InChI=1S/C21H28N4O2S/c1-3-4-6-16-8-10-17(11-9-16)24-21(27)25-12-5-7-19(25)20(26)22-13-18-14-28-15(2)23-18/h8-11,14,19H,3-7,12-13H2,1-2H3,(H,22,26)(H,24,27). The van der Waals surface area contributed by atoms with Crippen LogP contribution in [0.3, 0.4) is 0 Å². The van der Waals surface area contributed by atoms with Gasteiger partial charge in [0.2, 0.25) is 5.91 Å². The molecule has 28 heavy (non-hydrogen) atoms. The zero-order chi connectivity index (χ0) is 19.9. The minimum atomic E-state index is -0.427. The number of hydrogen-bond donors (Lipinski definition) is 2. The molecule has 0 saturated carbocycles. The van der Waals surface area contributed by atoms with Gasteiger partial charge in [-0.1, -0.05) is 25.5 Å². The van der Waals surface area contributed by atoms with E-state index in [0.29, 0.717) is 19.5 Å². The van der Waals surface area contributed by atoms with Crippen LogP contribution < -0.4 is 10.6 Å². The number of carbonyl (C=O) groups is 2. The number of hydrogen-bond acceptors (Lipinski definition) is 4. The molecule has 1 aromatic heterocycles. The molecule has 0 spiro atoms. The van der Waals surface area contributed by atoms with E-state index >= 15 is 0 Å². The number of aryl methyl sites for hydroxylation is 2. The summed E-state index contributed by atoms with van der Waals surface area (Å²) in [7, 11) is 0. The first-order chi connectivity index (χ1) is 13.6. The van der Waals surface area contributed by atoms with Crippen LogP contribution in [-0.4, -0.2) is 34.4 Å². The first kappa shape index (κ1) is 20.3. The monoisotopic (exact) mass is 400 g/mol. The number of urea groups is 1. The Bertz CT molecular complexity index is 803.